The zero-order chi connectivity index (χ0) is 18.2. The Kier molecular flexibility index (Phi) is 6.53. The Bertz CT molecular complexity index is 845. The minimum Gasteiger partial charge on any atom is -0.489 e. The molecule has 3 nitrogen and oxygen atoms in total. The van der Waals surface area contributed by atoms with Crippen LogP contribution in [0.3, 0.4) is 0 Å². The van der Waals surface area contributed by atoms with Crippen LogP contribution in [0.2, 0.25) is 10.0 Å². The Morgan fingerprint density at radius 1 is 0.846 bits per heavy atom. The molecule has 0 aliphatic rings. The second kappa shape index (κ2) is 9.27. The largest absolute Gasteiger partial charge is 0.489 e. The average molecular weight is 385 g/mol. The van der Waals surface area contributed by atoms with Gasteiger partial charge in [-0.05, 0) is 47.5 Å². The number of rotatable bonds is 7. The van der Waals surface area contributed by atoms with Crippen molar-refractivity contribution >= 4 is 29.4 Å². The van der Waals surface area contributed by atoms with Gasteiger partial charge in [-0.15, -0.1) is 0 Å². The average Bonchev–Trinajstić information content (AvgIpc) is 2.67. The number of benzene rings is 3. The third kappa shape index (κ3) is 5.25. The molecule has 3 rings (SSSR count). The van der Waals surface area contributed by atoms with E-state index in [1.807, 2.05) is 48.5 Å². The predicted octanol–water partition coefficient (Wildman–Crippen LogP) is 5.70. The number of nitrogens with zero attached hydrogens (tertiary/aromatic N) is 1. The van der Waals surface area contributed by atoms with E-state index in [1.165, 1.54) is 5.56 Å². The van der Waals surface area contributed by atoms with Crippen molar-refractivity contribution in [1.82, 2.24) is 5.43 Å². The lowest BCUT2D eigenvalue weighted by atomic mass is 10.2. The molecule has 0 aliphatic carbocycles. The van der Waals surface area contributed by atoms with E-state index in [4.69, 9.17) is 27.9 Å². The summed E-state index contributed by atoms with van der Waals surface area (Å²) in [4.78, 5) is 0. The van der Waals surface area contributed by atoms with Gasteiger partial charge in [-0.25, -0.2) is 0 Å². The van der Waals surface area contributed by atoms with E-state index in [9.17, 15) is 0 Å². The van der Waals surface area contributed by atoms with Gasteiger partial charge >= 0.3 is 0 Å². The van der Waals surface area contributed by atoms with E-state index in [0.29, 0.717) is 23.2 Å². The molecule has 5 heteroatoms. The summed E-state index contributed by atoms with van der Waals surface area (Å²) >= 11 is 12.3. The van der Waals surface area contributed by atoms with Crippen molar-refractivity contribution in [3.05, 3.63) is 99.5 Å². The first kappa shape index (κ1) is 18.3. The lowest BCUT2D eigenvalue weighted by Gasteiger charge is -2.09. The molecule has 0 amide bonds. The summed E-state index contributed by atoms with van der Waals surface area (Å²) in [5.41, 5.74) is 5.98. The van der Waals surface area contributed by atoms with Gasteiger partial charge in [0, 0.05) is 15.6 Å². The van der Waals surface area contributed by atoms with Crippen LogP contribution in [-0.2, 0) is 13.2 Å². The Morgan fingerprint density at radius 2 is 1.54 bits per heavy atom. The van der Waals surface area contributed by atoms with Crippen LogP contribution >= 0.6 is 23.2 Å². The Hall–Kier alpha value is -2.49. The number of hydrogen-bond acceptors (Lipinski definition) is 3. The van der Waals surface area contributed by atoms with Gasteiger partial charge in [0.2, 0.25) is 0 Å². The number of hydrazone groups is 1. The summed E-state index contributed by atoms with van der Waals surface area (Å²) in [6.07, 6.45) is 1.78. The molecule has 0 heterocycles. The van der Waals surface area contributed by atoms with Crippen LogP contribution in [0.15, 0.2) is 77.9 Å². The monoisotopic (exact) mass is 384 g/mol. The fraction of sp³-hybridized carbons (Fsp3) is 0.0952. The lowest BCUT2D eigenvalue weighted by Crippen LogP contribution is -2.05. The highest BCUT2D eigenvalue weighted by Crippen LogP contribution is 2.25. The summed E-state index contributed by atoms with van der Waals surface area (Å²) < 4.78 is 5.76. The van der Waals surface area contributed by atoms with Crippen LogP contribution in [0.4, 0.5) is 0 Å². The second-order valence-electron chi connectivity index (χ2n) is 5.64. The maximum atomic E-state index is 6.15. The maximum Gasteiger partial charge on any atom is 0.119 e. The molecule has 1 N–H and O–H groups in total. The summed E-state index contributed by atoms with van der Waals surface area (Å²) in [5, 5.41) is 5.44. The third-order valence-corrected chi connectivity index (χ3v) is 4.46. The molecule has 0 saturated carbocycles. The normalized spacial score (nSPS) is 10.8. The van der Waals surface area contributed by atoms with Crippen molar-refractivity contribution in [2.45, 2.75) is 13.2 Å². The molecular weight excluding hydrogens is 367 g/mol. The maximum absolute atomic E-state index is 6.15. The first-order valence-electron chi connectivity index (χ1n) is 8.18. The fourth-order valence-electron chi connectivity index (χ4n) is 2.33. The molecule has 3 aromatic carbocycles. The van der Waals surface area contributed by atoms with E-state index >= 15 is 0 Å². The standard InChI is InChI=1S/C21H18Cl2N2O/c22-20-7-4-8-21(23)19(20)15-26-18-11-9-17(10-12-18)14-25-24-13-16-5-2-1-3-6-16/h1-12,14,24H,13,15H2. The molecule has 3 aromatic rings. The molecular formula is C21H18Cl2N2O. The molecule has 0 saturated heterocycles. The Morgan fingerprint density at radius 3 is 2.23 bits per heavy atom. The molecule has 0 spiro atoms. The van der Waals surface area contributed by atoms with Crippen LogP contribution in [0.1, 0.15) is 16.7 Å². The number of hydrogen-bond donors (Lipinski definition) is 1. The quantitative estimate of drug-likeness (QED) is 0.418. The van der Waals surface area contributed by atoms with Gasteiger partial charge in [0.1, 0.15) is 12.4 Å². The molecule has 0 aromatic heterocycles. The summed E-state index contributed by atoms with van der Waals surface area (Å²) in [5.74, 6) is 0.746. The molecule has 132 valence electrons. The smallest absolute Gasteiger partial charge is 0.119 e. The number of halogens is 2. The first-order valence-corrected chi connectivity index (χ1v) is 8.93. The Balaban J connectivity index is 1.51. The summed E-state index contributed by atoms with van der Waals surface area (Å²) in [6, 6.07) is 23.2. The molecule has 0 atom stereocenters. The molecule has 0 bridgehead atoms. The van der Waals surface area contributed by atoms with Crippen LogP contribution in [0.5, 0.6) is 5.75 Å². The van der Waals surface area contributed by atoms with Gasteiger partial charge < -0.3 is 10.2 Å². The molecule has 0 radical (unpaired) electrons. The summed E-state index contributed by atoms with van der Waals surface area (Å²) in [6.45, 7) is 1.02. The van der Waals surface area contributed by atoms with Crippen molar-refractivity contribution in [3.8, 4) is 5.75 Å². The molecule has 26 heavy (non-hydrogen) atoms. The van der Waals surface area contributed by atoms with Crippen molar-refractivity contribution in [2.75, 3.05) is 0 Å². The van der Waals surface area contributed by atoms with E-state index in [0.717, 1.165) is 16.9 Å². The molecule has 0 unspecified atom stereocenters. The molecule has 0 aliphatic heterocycles. The number of ether oxygens (including phenoxy) is 1. The van der Waals surface area contributed by atoms with Crippen LogP contribution in [-0.4, -0.2) is 6.21 Å². The van der Waals surface area contributed by atoms with E-state index in [1.54, 1.807) is 18.3 Å². The predicted molar refractivity (Wildman–Crippen MR) is 108 cm³/mol. The minimum atomic E-state index is 0.324. The van der Waals surface area contributed by atoms with Crippen LogP contribution in [0.25, 0.3) is 0 Å². The van der Waals surface area contributed by atoms with Crippen molar-refractivity contribution in [3.63, 3.8) is 0 Å². The zero-order valence-corrected chi connectivity index (χ0v) is 15.5. The highest BCUT2D eigenvalue weighted by atomic mass is 35.5. The van der Waals surface area contributed by atoms with Gasteiger partial charge in [-0.2, -0.15) is 5.10 Å². The fourth-order valence-corrected chi connectivity index (χ4v) is 2.84. The first-order chi connectivity index (χ1) is 12.7. The van der Waals surface area contributed by atoms with Crippen molar-refractivity contribution in [2.24, 2.45) is 5.10 Å². The van der Waals surface area contributed by atoms with Gasteiger partial charge in [0.05, 0.1) is 12.8 Å². The minimum absolute atomic E-state index is 0.324. The van der Waals surface area contributed by atoms with Crippen molar-refractivity contribution < 1.29 is 4.74 Å². The van der Waals surface area contributed by atoms with E-state index in [2.05, 4.69) is 22.7 Å². The van der Waals surface area contributed by atoms with Crippen LogP contribution < -0.4 is 10.2 Å². The van der Waals surface area contributed by atoms with E-state index < -0.39 is 0 Å². The van der Waals surface area contributed by atoms with Crippen molar-refractivity contribution in [1.29, 1.82) is 0 Å². The second-order valence-corrected chi connectivity index (χ2v) is 6.45. The van der Waals surface area contributed by atoms with Gasteiger partial charge in [-0.3, -0.25) is 0 Å². The lowest BCUT2D eigenvalue weighted by molar-refractivity contribution is 0.306. The number of nitrogens with one attached hydrogen (secondary N) is 1. The van der Waals surface area contributed by atoms with Gasteiger partial charge in [0.25, 0.3) is 0 Å². The topological polar surface area (TPSA) is 33.6 Å². The highest BCUT2D eigenvalue weighted by molar-refractivity contribution is 6.35. The Labute approximate surface area is 163 Å². The SMILES string of the molecule is Clc1cccc(Cl)c1COc1ccc(C=NNCc2ccccc2)cc1. The van der Waals surface area contributed by atoms with Crippen LogP contribution in [0, 0.1) is 0 Å². The zero-order valence-electron chi connectivity index (χ0n) is 14.0. The highest BCUT2D eigenvalue weighted by Gasteiger charge is 2.06. The summed E-state index contributed by atoms with van der Waals surface area (Å²) in [7, 11) is 0. The van der Waals surface area contributed by atoms with Gasteiger partial charge in [-0.1, -0.05) is 59.6 Å². The molecule has 0 fully saturated rings. The van der Waals surface area contributed by atoms with E-state index in [-0.39, 0.29) is 0 Å². The van der Waals surface area contributed by atoms with Gasteiger partial charge in [0.15, 0.2) is 0 Å². The third-order valence-electron chi connectivity index (χ3n) is 3.76.